The van der Waals surface area contributed by atoms with Crippen molar-refractivity contribution in [3.8, 4) is 5.75 Å². The zero-order valence-electron chi connectivity index (χ0n) is 14.9. The lowest BCUT2D eigenvalue weighted by Crippen LogP contribution is -2.43. The van der Waals surface area contributed by atoms with Crippen LogP contribution in [-0.4, -0.2) is 47.6 Å². The van der Waals surface area contributed by atoms with E-state index in [2.05, 4.69) is 9.97 Å². The summed E-state index contributed by atoms with van der Waals surface area (Å²) < 4.78 is 11.2. The van der Waals surface area contributed by atoms with Crippen molar-refractivity contribution in [3.63, 3.8) is 0 Å². The zero-order valence-corrected chi connectivity index (χ0v) is 14.9. The third kappa shape index (κ3) is 4.14. The van der Waals surface area contributed by atoms with Gasteiger partial charge in [-0.05, 0) is 26.0 Å². The lowest BCUT2D eigenvalue weighted by molar-refractivity contribution is -0.138. The molecule has 0 aliphatic carbocycles. The van der Waals surface area contributed by atoms with Crippen LogP contribution < -0.4 is 4.74 Å². The Balaban J connectivity index is 1.71. The molecule has 1 aliphatic rings. The molecule has 3 rings (SSSR count). The molecular formula is C19H23N3O3. The fourth-order valence-corrected chi connectivity index (χ4v) is 3.03. The van der Waals surface area contributed by atoms with Gasteiger partial charge in [-0.2, -0.15) is 0 Å². The summed E-state index contributed by atoms with van der Waals surface area (Å²) in [5.41, 5.74) is 2.84. The summed E-state index contributed by atoms with van der Waals surface area (Å²) in [6.45, 7) is 5.45. The summed E-state index contributed by atoms with van der Waals surface area (Å²) in [5, 5.41) is 0. The largest absolute Gasteiger partial charge is 0.496 e. The number of benzene rings is 1. The average Bonchev–Trinajstić information content (AvgIpc) is 2.62. The normalized spacial score (nSPS) is 17.4. The first-order chi connectivity index (χ1) is 12.1. The molecule has 0 spiro atoms. The Labute approximate surface area is 147 Å². The lowest BCUT2D eigenvalue weighted by Gasteiger charge is -2.33. The topological polar surface area (TPSA) is 64.5 Å². The highest BCUT2D eigenvalue weighted by Gasteiger charge is 2.27. The number of nitrogens with zero attached hydrogens (tertiary/aromatic N) is 3. The van der Waals surface area contributed by atoms with Crippen LogP contribution in [-0.2, 0) is 16.0 Å². The zero-order chi connectivity index (χ0) is 17.8. The predicted molar refractivity (Wildman–Crippen MR) is 93.5 cm³/mol. The van der Waals surface area contributed by atoms with Crippen molar-refractivity contribution in [1.29, 1.82) is 0 Å². The number of aromatic nitrogens is 2. The molecule has 25 heavy (non-hydrogen) atoms. The number of methoxy groups -OCH3 is 1. The van der Waals surface area contributed by atoms with E-state index < -0.39 is 0 Å². The molecule has 0 N–H and O–H groups in total. The Morgan fingerprint density at radius 3 is 2.96 bits per heavy atom. The number of ether oxygens (including phenoxy) is 2. The number of hydrogen-bond acceptors (Lipinski definition) is 5. The average molecular weight is 341 g/mol. The molecule has 1 atom stereocenters. The standard InChI is InChI=1S/C19H23N3O3/c1-13-4-5-17(24-3)15(10-13)11-19(23)22-8-9-25-18(12-22)16-6-7-20-14(2)21-16/h4-7,10,18H,8-9,11-12H2,1-3H3. The van der Waals surface area contributed by atoms with Crippen molar-refractivity contribution >= 4 is 5.91 Å². The Bertz CT molecular complexity index is 763. The molecule has 1 saturated heterocycles. The van der Waals surface area contributed by atoms with Gasteiger partial charge in [0.2, 0.25) is 5.91 Å². The molecule has 1 unspecified atom stereocenters. The molecule has 1 aliphatic heterocycles. The molecule has 1 amide bonds. The molecule has 1 aromatic carbocycles. The van der Waals surface area contributed by atoms with Crippen LogP contribution in [0, 0.1) is 13.8 Å². The number of carbonyl (C=O) groups is 1. The maximum absolute atomic E-state index is 12.8. The first-order valence-electron chi connectivity index (χ1n) is 8.39. The number of rotatable bonds is 4. The Morgan fingerprint density at radius 1 is 1.36 bits per heavy atom. The van der Waals surface area contributed by atoms with Gasteiger partial charge >= 0.3 is 0 Å². The van der Waals surface area contributed by atoms with Gasteiger partial charge in [0.25, 0.3) is 0 Å². The maximum Gasteiger partial charge on any atom is 0.227 e. The minimum Gasteiger partial charge on any atom is -0.496 e. The lowest BCUT2D eigenvalue weighted by atomic mass is 10.1. The number of hydrogen-bond donors (Lipinski definition) is 0. The number of morpholine rings is 1. The van der Waals surface area contributed by atoms with Gasteiger partial charge in [-0.15, -0.1) is 0 Å². The third-order valence-electron chi connectivity index (χ3n) is 4.32. The van der Waals surface area contributed by atoms with Crippen molar-refractivity contribution in [2.75, 3.05) is 26.8 Å². The number of amides is 1. The van der Waals surface area contributed by atoms with Crippen molar-refractivity contribution in [2.45, 2.75) is 26.4 Å². The van der Waals surface area contributed by atoms with Gasteiger partial charge in [-0.3, -0.25) is 4.79 Å². The van der Waals surface area contributed by atoms with Crippen LogP contribution in [0.15, 0.2) is 30.5 Å². The number of aryl methyl sites for hydroxylation is 2. The Morgan fingerprint density at radius 2 is 2.20 bits per heavy atom. The van der Waals surface area contributed by atoms with Crippen molar-refractivity contribution in [3.05, 3.63) is 53.1 Å². The quantitative estimate of drug-likeness (QED) is 0.853. The monoisotopic (exact) mass is 341 g/mol. The highest BCUT2D eigenvalue weighted by molar-refractivity contribution is 5.79. The minimum absolute atomic E-state index is 0.0722. The molecular weight excluding hydrogens is 318 g/mol. The minimum atomic E-state index is -0.209. The molecule has 6 heteroatoms. The van der Waals surface area contributed by atoms with Gasteiger partial charge in [-0.1, -0.05) is 17.7 Å². The van der Waals surface area contributed by atoms with E-state index >= 15 is 0 Å². The van der Waals surface area contributed by atoms with Crippen LogP contribution in [0.2, 0.25) is 0 Å². The van der Waals surface area contributed by atoms with E-state index in [-0.39, 0.29) is 12.0 Å². The van der Waals surface area contributed by atoms with E-state index in [1.165, 1.54) is 0 Å². The van der Waals surface area contributed by atoms with Gasteiger partial charge in [-0.25, -0.2) is 9.97 Å². The van der Waals surface area contributed by atoms with E-state index in [4.69, 9.17) is 9.47 Å². The molecule has 2 heterocycles. The molecule has 0 bridgehead atoms. The van der Waals surface area contributed by atoms with Crippen LogP contribution in [0.5, 0.6) is 5.75 Å². The van der Waals surface area contributed by atoms with Crippen LogP contribution >= 0.6 is 0 Å². The van der Waals surface area contributed by atoms with Gasteiger partial charge < -0.3 is 14.4 Å². The fourth-order valence-electron chi connectivity index (χ4n) is 3.03. The second-order valence-corrected chi connectivity index (χ2v) is 6.22. The van der Waals surface area contributed by atoms with Crippen molar-refractivity contribution < 1.29 is 14.3 Å². The molecule has 132 valence electrons. The fraction of sp³-hybridized carbons (Fsp3) is 0.421. The van der Waals surface area contributed by atoms with E-state index in [1.54, 1.807) is 13.3 Å². The predicted octanol–water partition coefficient (Wildman–Crippen LogP) is 2.24. The Kier molecular flexibility index (Phi) is 5.28. The molecule has 0 saturated carbocycles. The van der Waals surface area contributed by atoms with Gasteiger partial charge in [0, 0.05) is 18.3 Å². The second-order valence-electron chi connectivity index (χ2n) is 6.22. The molecule has 0 radical (unpaired) electrons. The summed E-state index contributed by atoms with van der Waals surface area (Å²) >= 11 is 0. The summed E-state index contributed by atoms with van der Waals surface area (Å²) in [6.07, 6.45) is 1.83. The van der Waals surface area contributed by atoms with E-state index in [0.29, 0.717) is 31.9 Å². The summed E-state index contributed by atoms with van der Waals surface area (Å²) in [6, 6.07) is 7.73. The third-order valence-corrected chi connectivity index (χ3v) is 4.32. The van der Waals surface area contributed by atoms with E-state index in [0.717, 1.165) is 22.6 Å². The highest BCUT2D eigenvalue weighted by atomic mass is 16.5. The van der Waals surface area contributed by atoms with Crippen LogP contribution in [0.4, 0.5) is 0 Å². The van der Waals surface area contributed by atoms with Gasteiger partial charge in [0.15, 0.2) is 0 Å². The second kappa shape index (κ2) is 7.61. The molecule has 1 fully saturated rings. The SMILES string of the molecule is COc1ccc(C)cc1CC(=O)N1CCOC(c2ccnc(C)n2)C1. The molecule has 1 aromatic heterocycles. The summed E-state index contributed by atoms with van der Waals surface area (Å²) in [7, 11) is 1.63. The van der Waals surface area contributed by atoms with E-state index in [9.17, 15) is 4.79 Å². The van der Waals surface area contributed by atoms with Crippen LogP contribution in [0.25, 0.3) is 0 Å². The molecule has 6 nitrogen and oxygen atoms in total. The van der Waals surface area contributed by atoms with Crippen molar-refractivity contribution in [1.82, 2.24) is 14.9 Å². The van der Waals surface area contributed by atoms with Crippen LogP contribution in [0.1, 0.15) is 28.7 Å². The van der Waals surface area contributed by atoms with Gasteiger partial charge in [0.1, 0.15) is 17.7 Å². The van der Waals surface area contributed by atoms with Crippen LogP contribution in [0.3, 0.4) is 0 Å². The Hall–Kier alpha value is -2.47. The number of carbonyl (C=O) groups excluding carboxylic acids is 1. The maximum atomic E-state index is 12.8. The first kappa shape index (κ1) is 17.4. The summed E-state index contributed by atoms with van der Waals surface area (Å²) in [5.74, 6) is 1.52. The van der Waals surface area contributed by atoms with E-state index in [1.807, 2.05) is 43.0 Å². The van der Waals surface area contributed by atoms with Crippen molar-refractivity contribution in [2.24, 2.45) is 0 Å². The first-order valence-corrected chi connectivity index (χ1v) is 8.39. The van der Waals surface area contributed by atoms with Gasteiger partial charge in [0.05, 0.1) is 32.4 Å². The molecule has 2 aromatic rings. The smallest absolute Gasteiger partial charge is 0.227 e. The summed E-state index contributed by atoms with van der Waals surface area (Å²) in [4.78, 5) is 23.1. The highest BCUT2D eigenvalue weighted by Crippen LogP contribution is 2.24.